The van der Waals surface area contributed by atoms with Crippen molar-refractivity contribution < 1.29 is 24.2 Å². The van der Waals surface area contributed by atoms with Gasteiger partial charge in [0.25, 0.3) is 0 Å². The number of ether oxygens (including phenoxy) is 1. The van der Waals surface area contributed by atoms with E-state index in [9.17, 15) is 14.4 Å². The van der Waals surface area contributed by atoms with E-state index in [1.807, 2.05) is 24.3 Å². The molecule has 170 valence electrons. The van der Waals surface area contributed by atoms with Crippen LogP contribution < -0.4 is 10.6 Å². The van der Waals surface area contributed by atoms with Crippen LogP contribution in [0.25, 0.3) is 11.1 Å². The molecule has 0 saturated carbocycles. The van der Waals surface area contributed by atoms with Crippen molar-refractivity contribution in [3.8, 4) is 11.1 Å². The Kier molecular flexibility index (Phi) is 7.18. The zero-order valence-electron chi connectivity index (χ0n) is 18.7. The molecular formula is C25H30N2O5. The quantitative estimate of drug-likeness (QED) is 0.548. The van der Waals surface area contributed by atoms with E-state index < -0.39 is 23.6 Å². The van der Waals surface area contributed by atoms with E-state index in [4.69, 9.17) is 9.84 Å². The Bertz CT molecular complexity index is 956. The number of alkyl carbamates (subject to hydrolysis) is 1. The molecule has 0 spiro atoms. The summed E-state index contributed by atoms with van der Waals surface area (Å²) in [7, 11) is 0. The number of carbonyl (C=O) groups is 3. The molecule has 2 aromatic carbocycles. The molecule has 0 saturated heterocycles. The minimum Gasteiger partial charge on any atom is -0.480 e. The number of amides is 2. The second kappa shape index (κ2) is 9.85. The predicted octanol–water partition coefficient (Wildman–Crippen LogP) is 4.06. The first-order valence-electron chi connectivity index (χ1n) is 10.9. The first-order chi connectivity index (χ1) is 15.2. The summed E-state index contributed by atoms with van der Waals surface area (Å²) in [6.07, 6.45) is 0.205. The summed E-state index contributed by atoms with van der Waals surface area (Å²) in [5.41, 5.74) is 3.92. The van der Waals surface area contributed by atoms with Gasteiger partial charge in [-0.15, -0.1) is 0 Å². The van der Waals surface area contributed by atoms with Crippen LogP contribution >= 0.6 is 0 Å². The molecule has 1 aliphatic rings. The summed E-state index contributed by atoms with van der Waals surface area (Å²) in [4.78, 5) is 35.6. The molecule has 1 unspecified atom stereocenters. The van der Waals surface area contributed by atoms with E-state index >= 15 is 0 Å². The highest BCUT2D eigenvalue weighted by Gasteiger charge is 2.30. The Morgan fingerprint density at radius 2 is 1.59 bits per heavy atom. The normalized spacial score (nSPS) is 13.6. The van der Waals surface area contributed by atoms with E-state index in [1.54, 1.807) is 20.8 Å². The third-order valence-corrected chi connectivity index (χ3v) is 5.80. The maximum absolute atomic E-state index is 12.5. The van der Waals surface area contributed by atoms with Gasteiger partial charge in [-0.2, -0.15) is 0 Å². The van der Waals surface area contributed by atoms with Crippen LogP contribution in [0.5, 0.6) is 0 Å². The van der Waals surface area contributed by atoms with Crippen LogP contribution in [-0.4, -0.2) is 41.3 Å². The lowest BCUT2D eigenvalue weighted by molar-refractivity contribution is -0.141. The Hall–Kier alpha value is -3.35. The molecule has 7 heteroatoms. The SMILES string of the molecule is CCC(NC(=O)CCC(C)(C)NC(=O)OCC1c2ccccc2-c2ccccc21)C(=O)O. The number of hydrogen-bond donors (Lipinski definition) is 3. The number of benzene rings is 2. The highest BCUT2D eigenvalue weighted by Crippen LogP contribution is 2.44. The fourth-order valence-corrected chi connectivity index (χ4v) is 4.00. The second-order valence-corrected chi connectivity index (χ2v) is 8.70. The topological polar surface area (TPSA) is 105 Å². The highest BCUT2D eigenvalue weighted by molar-refractivity contribution is 5.83. The standard InChI is InChI=1S/C25H30N2O5/c1-4-21(23(29)30)26-22(28)13-14-25(2,3)27-24(31)32-15-20-18-11-7-5-9-16(18)17-10-6-8-12-19(17)20/h5-12,20-21H,4,13-15H2,1-3H3,(H,26,28)(H,27,31)(H,29,30). The molecular weight excluding hydrogens is 408 g/mol. The highest BCUT2D eigenvalue weighted by atomic mass is 16.5. The van der Waals surface area contributed by atoms with Gasteiger partial charge in [0.15, 0.2) is 0 Å². The van der Waals surface area contributed by atoms with Crippen LogP contribution in [0.1, 0.15) is 57.1 Å². The summed E-state index contributed by atoms with van der Waals surface area (Å²) in [5.74, 6) is -1.44. The van der Waals surface area contributed by atoms with Gasteiger partial charge in [-0.3, -0.25) is 4.79 Å². The Morgan fingerprint density at radius 1 is 1.03 bits per heavy atom. The minimum absolute atomic E-state index is 0.0240. The summed E-state index contributed by atoms with van der Waals surface area (Å²) in [6.45, 7) is 5.52. The first-order valence-corrected chi connectivity index (χ1v) is 10.9. The molecule has 1 atom stereocenters. The number of nitrogens with one attached hydrogen (secondary N) is 2. The van der Waals surface area contributed by atoms with Gasteiger partial charge in [-0.05, 0) is 48.9 Å². The van der Waals surface area contributed by atoms with Gasteiger partial charge in [-0.1, -0.05) is 55.5 Å². The Morgan fingerprint density at radius 3 is 2.12 bits per heavy atom. The monoisotopic (exact) mass is 438 g/mol. The third kappa shape index (κ3) is 5.46. The van der Waals surface area contributed by atoms with Crippen molar-refractivity contribution in [1.82, 2.24) is 10.6 Å². The van der Waals surface area contributed by atoms with E-state index in [0.717, 1.165) is 22.3 Å². The number of aliphatic carboxylic acids is 1. The average molecular weight is 439 g/mol. The van der Waals surface area contributed by atoms with Crippen LogP contribution in [0.3, 0.4) is 0 Å². The smallest absolute Gasteiger partial charge is 0.407 e. The molecule has 0 radical (unpaired) electrons. The lowest BCUT2D eigenvalue weighted by atomic mass is 9.98. The van der Waals surface area contributed by atoms with Crippen molar-refractivity contribution in [3.63, 3.8) is 0 Å². The van der Waals surface area contributed by atoms with E-state index in [2.05, 4.69) is 34.9 Å². The number of fused-ring (bicyclic) bond motifs is 3. The van der Waals surface area contributed by atoms with E-state index in [0.29, 0.717) is 12.8 Å². The second-order valence-electron chi connectivity index (χ2n) is 8.70. The van der Waals surface area contributed by atoms with Crippen molar-refractivity contribution in [2.45, 2.75) is 57.5 Å². The van der Waals surface area contributed by atoms with Gasteiger partial charge in [0.1, 0.15) is 12.6 Å². The first kappa shape index (κ1) is 23.3. The largest absolute Gasteiger partial charge is 0.480 e. The number of rotatable bonds is 9. The third-order valence-electron chi connectivity index (χ3n) is 5.80. The summed E-state index contributed by atoms with van der Waals surface area (Å²) < 4.78 is 5.57. The van der Waals surface area contributed by atoms with Crippen LogP contribution in [-0.2, 0) is 14.3 Å². The molecule has 2 aromatic rings. The van der Waals surface area contributed by atoms with Gasteiger partial charge in [-0.25, -0.2) is 9.59 Å². The van der Waals surface area contributed by atoms with Crippen LogP contribution in [0, 0.1) is 0 Å². The van der Waals surface area contributed by atoms with E-state index in [-0.39, 0.29) is 24.9 Å². The van der Waals surface area contributed by atoms with Crippen molar-refractivity contribution in [2.24, 2.45) is 0 Å². The Balaban J connectivity index is 1.53. The summed E-state index contributed by atoms with van der Waals surface area (Å²) in [5, 5.41) is 14.4. The molecule has 0 aromatic heterocycles. The van der Waals surface area contributed by atoms with Gasteiger partial charge in [0.05, 0.1) is 0 Å². The van der Waals surface area contributed by atoms with Crippen LogP contribution in [0.2, 0.25) is 0 Å². The van der Waals surface area contributed by atoms with Crippen molar-refractivity contribution in [2.75, 3.05) is 6.61 Å². The molecule has 2 amide bonds. The minimum atomic E-state index is -1.06. The molecule has 3 N–H and O–H groups in total. The molecule has 0 heterocycles. The van der Waals surface area contributed by atoms with Gasteiger partial charge in [0.2, 0.25) is 5.91 Å². The lowest BCUT2D eigenvalue weighted by Gasteiger charge is -2.26. The maximum Gasteiger partial charge on any atom is 0.407 e. The van der Waals surface area contributed by atoms with Crippen molar-refractivity contribution >= 4 is 18.0 Å². The van der Waals surface area contributed by atoms with Gasteiger partial charge in [0, 0.05) is 17.9 Å². The molecule has 0 bridgehead atoms. The number of hydrogen-bond acceptors (Lipinski definition) is 4. The molecule has 1 aliphatic carbocycles. The predicted molar refractivity (Wildman–Crippen MR) is 121 cm³/mol. The van der Waals surface area contributed by atoms with Gasteiger partial charge < -0.3 is 20.5 Å². The zero-order valence-corrected chi connectivity index (χ0v) is 18.7. The van der Waals surface area contributed by atoms with Crippen molar-refractivity contribution in [1.29, 1.82) is 0 Å². The lowest BCUT2D eigenvalue weighted by Crippen LogP contribution is -2.46. The van der Waals surface area contributed by atoms with Crippen LogP contribution in [0.15, 0.2) is 48.5 Å². The van der Waals surface area contributed by atoms with Crippen molar-refractivity contribution in [3.05, 3.63) is 59.7 Å². The number of carboxylic acids is 1. The average Bonchev–Trinajstić information content (AvgIpc) is 3.08. The molecule has 0 fully saturated rings. The molecule has 7 nitrogen and oxygen atoms in total. The zero-order chi connectivity index (χ0) is 23.3. The maximum atomic E-state index is 12.5. The molecule has 3 rings (SSSR count). The summed E-state index contributed by atoms with van der Waals surface area (Å²) >= 11 is 0. The van der Waals surface area contributed by atoms with Gasteiger partial charge >= 0.3 is 12.1 Å². The van der Waals surface area contributed by atoms with E-state index in [1.165, 1.54) is 0 Å². The number of carboxylic acid groups (broad SMARTS) is 1. The summed E-state index contributed by atoms with van der Waals surface area (Å²) in [6, 6.07) is 15.4. The fourth-order valence-electron chi connectivity index (χ4n) is 4.00. The fraction of sp³-hybridized carbons (Fsp3) is 0.400. The Labute approximate surface area is 188 Å². The molecule has 0 aliphatic heterocycles. The molecule has 32 heavy (non-hydrogen) atoms. The van der Waals surface area contributed by atoms with Crippen LogP contribution in [0.4, 0.5) is 4.79 Å². The number of carbonyl (C=O) groups excluding carboxylic acids is 2.